The molecule has 0 bridgehead atoms. The number of benzene rings is 1. The molecule has 1 aromatic heterocycles. The van der Waals surface area contributed by atoms with Gasteiger partial charge in [-0.05, 0) is 47.4 Å². The largest absolute Gasteiger partial charge is 0.325 e. The average Bonchev–Trinajstić information content (AvgIpc) is 3.02. The molecule has 0 aliphatic carbocycles. The van der Waals surface area contributed by atoms with Gasteiger partial charge in [0, 0.05) is 17.1 Å². The van der Waals surface area contributed by atoms with Gasteiger partial charge in [-0.3, -0.25) is 4.79 Å². The zero-order chi connectivity index (χ0) is 15.4. The Balaban J connectivity index is 0.00000192. The number of carbonyl (C=O) groups excluding carboxylic acids is 1. The molecule has 23 heavy (non-hydrogen) atoms. The minimum Gasteiger partial charge on any atom is -0.325 e. The highest BCUT2D eigenvalue weighted by molar-refractivity contribution is 8.00. The molecule has 2 heterocycles. The van der Waals surface area contributed by atoms with Gasteiger partial charge in [-0.2, -0.15) is 0 Å². The number of fused-ring (bicyclic) bond motifs is 1. The SMILES string of the molecule is CCNCc1ccccc1NC(=O)C1SCCc2sccc21.Cl. The van der Waals surface area contributed by atoms with Gasteiger partial charge < -0.3 is 10.6 Å². The Kier molecular flexibility index (Phi) is 6.96. The molecule has 0 fully saturated rings. The van der Waals surface area contributed by atoms with E-state index in [9.17, 15) is 4.79 Å². The van der Waals surface area contributed by atoms with Crippen LogP contribution in [0.2, 0.25) is 0 Å². The molecule has 1 aliphatic heterocycles. The number of rotatable bonds is 5. The second kappa shape index (κ2) is 8.73. The minimum atomic E-state index is -0.0813. The topological polar surface area (TPSA) is 41.1 Å². The van der Waals surface area contributed by atoms with E-state index in [1.54, 1.807) is 23.1 Å². The fourth-order valence-corrected chi connectivity index (χ4v) is 4.91. The van der Waals surface area contributed by atoms with Crippen molar-refractivity contribution >= 4 is 47.1 Å². The van der Waals surface area contributed by atoms with Gasteiger partial charge in [0.05, 0.1) is 0 Å². The number of amides is 1. The second-order valence-corrected chi connectivity index (χ2v) is 7.44. The molecule has 2 N–H and O–H groups in total. The third-order valence-electron chi connectivity index (χ3n) is 3.75. The van der Waals surface area contributed by atoms with Crippen LogP contribution in [0.5, 0.6) is 0 Å². The predicted molar refractivity (Wildman–Crippen MR) is 103 cm³/mol. The standard InChI is InChI=1S/C17H20N2OS2.ClH/c1-2-18-11-12-5-3-4-6-14(12)19-17(20)16-13-7-9-21-15(13)8-10-22-16;/h3-7,9,16,18H,2,8,10-11H2,1H3,(H,19,20);1H. The summed E-state index contributed by atoms with van der Waals surface area (Å²) in [5, 5.41) is 8.45. The van der Waals surface area contributed by atoms with Crippen LogP contribution in [0.15, 0.2) is 35.7 Å². The predicted octanol–water partition coefficient (Wildman–Crippen LogP) is 4.25. The molecule has 1 amide bonds. The van der Waals surface area contributed by atoms with Crippen molar-refractivity contribution in [2.75, 3.05) is 17.6 Å². The van der Waals surface area contributed by atoms with Crippen LogP contribution in [0.25, 0.3) is 0 Å². The molecular formula is C17H21ClN2OS2. The maximum Gasteiger partial charge on any atom is 0.242 e. The number of hydrogen-bond donors (Lipinski definition) is 2. The first kappa shape index (κ1) is 18.3. The Hall–Kier alpha value is -1.01. The second-order valence-electron chi connectivity index (χ2n) is 5.23. The normalized spacial score (nSPS) is 16.3. The summed E-state index contributed by atoms with van der Waals surface area (Å²) in [6.45, 7) is 3.77. The first-order valence-corrected chi connectivity index (χ1v) is 9.49. The Morgan fingerprint density at radius 1 is 1.30 bits per heavy atom. The Bertz CT molecular complexity index is 660. The molecule has 124 valence electrons. The summed E-state index contributed by atoms with van der Waals surface area (Å²) < 4.78 is 0. The van der Waals surface area contributed by atoms with E-state index >= 15 is 0 Å². The molecule has 1 unspecified atom stereocenters. The lowest BCUT2D eigenvalue weighted by Crippen LogP contribution is -2.23. The number of aryl methyl sites for hydroxylation is 1. The first-order chi connectivity index (χ1) is 10.8. The third kappa shape index (κ3) is 4.29. The van der Waals surface area contributed by atoms with Crippen LogP contribution in [0.4, 0.5) is 5.69 Å². The van der Waals surface area contributed by atoms with E-state index in [-0.39, 0.29) is 23.6 Å². The summed E-state index contributed by atoms with van der Waals surface area (Å²) in [7, 11) is 0. The van der Waals surface area contributed by atoms with E-state index in [0.29, 0.717) is 0 Å². The number of thioether (sulfide) groups is 1. The van der Waals surface area contributed by atoms with Crippen molar-refractivity contribution < 1.29 is 4.79 Å². The molecule has 0 spiro atoms. The summed E-state index contributed by atoms with van der Waals surface area (Å²) in [5.41, 5.74) is 3.24. The van der Waals surface area contributed by atoms with Gasteiger partial charge in [0.25, 0.3) is 0 Å². The zero-order valence-corrected chi connectivity index (χ0v) is 15.5. The van der Waals surface area contributed by atoms with E-state index in [0.717, 1.165) is 36.5 Å². The van der Waals surface area contributed by atoms with Gasteiger partial charge in [-0.1, -0.05) is 25.1 Å². The molecule has 1 aliphatic rings. The fraction of sp³-hybridized carbons (Fsp3) is 0.353. The highest BCUT2D eigenvalue weighted by atomic mass is 35.5. The van der Waals surface area contributed by atoms with E-state index in [4.69, 9.17) is 0 Å². The van der Waals surface area contributed by atoms with Crippen molar-refractivity contribution in [1.29, 1.82) is 0 Å². The monoisotopic (exact) mass is 368 g/mol. The molecule has 3 nitrogen and oxygen atoms in total. The maximum atomic E-state index is 12.7. The van der Waals surface area contributed by atoms with Gasteiger partial charge in [0.1, 0.15) is 5.25 Å². The van der Waals surface area contributed by atoms with E-state index in [1.807, 2.05) is 18.2 Å². The highest BCUT2D eigenvalue weighted by Gasteiger charge is 2.28. The quantitative estimate of drug-likeness (QED) is 0.828. The number of halogens is 1. The lowest BCUT2D eigenvalue weighted by molar-refractivity contribution is -0.115. The van der Waals surface area contributed by atoms with Crippen molar-refractivity contribution in [3.05, 3.63) is 51.7 Å². The molecule has 6 heteroatoms. The smallest absolute Gasteiger partial charge is 0.242 e. The summed E-state index contributed by atoms with van der Waals surface area (Å²) >= 11 is 3.50. The molecule has 1 atom stereocenters. The lowest BCUT2D eigenvalue weighted by atomic mass is 10.1. The molecule has 1 aromatic carbocycles. The maximum absolute atomic E-state index is 12.7. The van der Waals surface area contributed by atoms with Crippen molar-refractivity contribution in [2.45, 2.75) is 25.1 Å². The highest BCUT2D eigenvalue weighted by Crippen LogP contribution is 2.40. The molecule has 0 saturated heterocycles. The lowest BCUT2D eigenvalue weighted by Gasteiger charge is -2.22. The number of para-hydroxylation sites is 1. The van der Waals surface area contributed by atoms with E-state index in [2.05, 4.69) is 35.1 Å². The van der Waals surface area contributed by atoms with Crippen molar-refractivity contribution in [2.24, 2.45) is 0 Å². The van der Waals surface area contributed by atoms with Gasteiger partial charge >= 0.3 is 0 Å². The molecule has 3 rings (SSSR count). The van der Waals surface area contributed by atoms with Crippen LogP contribution in [-0.4, -0.2) is 18.2 Å². The number of anilines is 1. The summed E-state index contributed by atoms with van der Waals surface area (Å²) in [5.74, 6) is 1.11. The van der Waals surface area contributed by atoms with Crippen LogP contribution in [-0.2, 0) is 17.8 Å². The van der Waals surface area contributed by atoms with Crippen LogP contribution < -0.4 is 10.6 Å². The Morgan fingerprint density at radius 2 is 2.13 bits per heavy atom. The van der Waals surface area contributed by atoms with Gasteiger partial charge in [0.2, 0.25) is 5.91 Å². The summed E-state index contributed by atoms with van der Waals surface area (Å²) in [4.78, 5) is 14.1. The van der Waals surface area contributed by atoms with Gasteiger partial charge in [0.15, 0.2) is 0 Å². The van der Waals surface area contributed by atoms with Gasteiger partial charge in [-0.25, -0.2) is 0 Å². The minimum absolute atomic E-state index is 0. The van der Waals surface area contributed by atoms with E-state index in [1.165, 1.54) is 10.4 Å². The summed E-state index contributed by atoms with van der Waals surface area (Å²) in [6.07, 6.45) is 1.08. The Labute approximate surface area is 151 Å². The molecular weight excluding hydrogens is 348 g/mol. The van der Waals surface area contributed by atoms with Crippen LogP contribution >= 0.6 is 35.5 Å². The summed E-state index contributed by atoms with van der Waals surface area (Å²) in [6, 6.07) is 10.1. The molecule has 0 radical (unpaired) electrons. The van der Waals surface area contributed by atoms with Crippen LogP contribution in [0.1, 0.15) is 28.2 Å². The third-order valence-corrected chi connectivity index (χ3v) is 5.99. The average molecular weight is 369 g/mol. The van der Waals surface area contributed by atoms with E-state index < -0.39 is 0 Å². The fourth-order valence-electron chi connectivity index (χ4n) is 2.62. The molecule has 0 saturated carbocycles. The van der Waals surface area contributed by atoms with Crippen molar-refractivity contribution in [1.82, 2.24) is 5.32 Å². The van der Waals surface area contributed by atoms with Crippen molar-refractivity contribution in [3.63, 3.8) is 0 Å². The first-order valence-electron chi connectivity index (χ1n) is 7.57. The number of thiophene rings is 1. The zero-order valence-electron chi connectivity index (χ0n) is 13.0. The van der Waals surface area contributed by atoms with Crippen LogP contribution in [0, 0.1) is 0 Å². The van der Waals surface area contributed by atoms with Crippen LogP contribution in [0.3, 0.4) is 0 Å². The van der Waals surface area contributed by atoms with Crippen molar-refractivity contribution in [3.8, 4) is 0 Å². The number of nitrogens with one attached hydrogen (secondary N) is 2. The van der Waals surface area contributed by atoms with Gasteiger partial charge in [-0.15, -0.1) is 35.5 Å². The number of hydrogen-bond acceptors (Lipinski definition) is 4. The Morgan fingerprint density at radius 3 is 2.96 bits per heavy atom. The molecule has 2 aromatic rings. The number of carbonyl (C=O) groups is 1.